The second kappa shape index (κ2) is 11.4. The van der Waals surface area contributed by atoms with Crippen LogP contribution in [0.5, 0.6) is 0 Å². The van der Waals surface area contributed by atoms with Crippen LogP contribution in [0.15, 0.2) is 30.3 Å². The Morgan fingerprint density at radius 2 is 1.64 bits per heavy atom. The Balaban J connectivity index is 2.81. The van der Waals surface area contributed by atoms with E-state index in [4.69, 9.17) is 5.73 Å². The van der Waals surface area contributed by atoms with Gasteiger partial charge in [0.15, 0.2) is 0 Å². The molecule has 1 aromatic rings. The number of amides is 2. The van der Waals surface area contributed by atoms with Gasteiger partial charge in [-0.3, -0.25) is 9.59 Å². The van der Waals surface area contributed by atoms with Gasteiger partial charge < -0.3 is 21.5 Å². The molecule has 2 amide bonds. The van der Waals surface area contributed by atoms with E-state index in [-0.39, 0.29) is 11.8 Å². The third-order valence-corrected chi connectivity index (χ3v) is 4.75. The number of nitrogens with two attached hydrogens (primary N) is 1. The third kappa shape index (κ3) is 7.68. The van der Waals surface area contributed by atoms with E-state index in [1.807, 2.05) is 51.1 Å². The number of carbonyl (C=O) groups is 3. The van der Waals surface area contributed by atoms with Crippen molar-refractivity contribution in [3.63, 3.8) is 0 Å². The fourth-order valence-corrected chi connectivity index (χ4v) is 2.88. The molecule has 7 heteroatoms. The molecule has 0 heterocycles. The van der Waals surface area contributed by atoms with Crippen molar-refractivity contribution in [3.05, 3.63) is 35.9 Å². The van der Waals surface area contributed by atoms with Gasteiger partial charge in [-0.25, -0.2) is 4.79 Å². The van der Waals surface area contributed by atoms with E-state index in [9.17, 15) is 19.5 Å². The lowest BCUT2D eigenvalue weighted by molar-refractivity contribution is -0.143. The van der Waals surface area contributed by atoms with Gasteiger partial charge >= 0.3 is 5.97 Å². The number of nitrogens with one attached hydrogen (secondary N) is 2. The Kier molecular flexibility index (Phi) is 9.65. The highest BCUT2D eigenvalue weighted by Gasteiger charge is 2.30. The summed E-state index contributed by atoms with van der Waals surface area (Å²) in [6.07, 6.45) is 1.36. The van der Waals surface area contributed by atoms with Crippen molar-refractivity contribution in [1.82, 2.24) is 10.6 Å². The number of hydrogen-bond acceptors (Lipinski definition) is 4. The molecule has 156 valence electrons. The molecule has 0 radical (unpaired) electrons. The van der Waals surface area contributed by atoms with Crippen LogP contribution in [-0.2, 0) is 20.8 Å². The van der Waals surface area contributed by atoms with Gasteiger partial charge in [-0.15, -0.1) is 0 Å². The van der Waals surface area contributed by atoms with Crippen LogP contribution in [0.4, 0.5) is 0 Å². The van der Waals surface area contributed by atoms with Crippen molar-refractivity contribution < 1.29 is 19.5 Å². The highest BCUT2D eigenvalue weighted by atomic mass is 16.4. The monoisotopic (exact) mass is 391 g/mol. The molecule has 0 unspecified atom stereocenters. The van der Waals surface area contributed by atoms with Crippen molar-refractivity contribution in [1.29, 1.82) is 0 Å². The van der Waals surface area contributed by atoms with E-state index < -0.39 is 35.9 Å². The van der Waals surface area contributed by atoms with Gasteiger partial charge in [-0.05, 0) is 30.2 Å². The second-order valence-electron chi connectivity index (χ2n) is 7.70. The van der Waals surface area contributed by atoms with Crippen LogP contribution in [0.2, 0.25) is 0 Å². The highest BCUT2D eigenvalue weighted by molar-refractivity contribution is 5.91. The number of rotatable bonds is 11. The first-order valence-electron chi connectivity index (χ1n) is 9.78. The van der Waals surface area contributed by atoms with Gasteiger partial charge in [0.05, 0.1) is 6.04 Å². The zero-order chi connectivity index (χ0) is 21.3. The molecule has 7 nitrogen and oxygen atoms in total. The Bertz CT molecular complexity index is 648. The maximum Gasteiger partial charge on any atom is 0.326 e. The molecular formula is C21H33N3O4. The topological polar surface area (TPSA) is 122 Å². The average molecular weight is 392 g/mol. The number of carboxylic acids is 1. The van der Waals surface area contributed by atoms with E-state index in [2.05, 4.69) is 10.6 Å². The predicted molar refractivity (Wildman–Crippen MR) is 109 cm³/mol. The molecule has 0 aliphatic heterocycles. The molecule has 0 saturated carbocycles. The van der Waals surface area contributed by atoms with Crippen LogP contribution in [0.1, 0.15) is 46.1 Å². The summed E-state index contributed by atoms with van der Waals surface area (Å²) < 4.78 is 0. The molecule has 0 bridgehead atoms. The molecule has 1 aromatic carbocycles. The fourth-order valence-electron chi connectivity index (χ4n) is 2.88. The van der Waals surface area contributed by atoms with Gasteiger partial charge in [0, 0.05) is 0 Å². The molecule has 0 fully saturated rings. The van der Waals surface area contributed by atoms with E-state index in [1.165, 1.54) is 0 Å². The normalized spacial score (nSPS) is 15.4. The van der Waals surface area contributed by atoms with E-state index >= 15 is 0 Å². The molecule has 0 spiro atoms. The minimum Gasteiger partial charge on any atom is -0.480 e. The summed E-state index contributed by atoms with van der Waals surface area (Å²) in [5.41, 5.74) is 6.94. The van der Waals surface area contributed by atoms with Gasteiger partial charge in [0.1, 0.15) is 12.1 Å². The Hall–Kier alpha value is -2.41. The number of carboxylic acid groups (broad SMARTS) is 1. The summed E-state index contributed by atoms with van der Waals surface area (Å²) in [4.78, 5) is 36.7. The maximum absolute atomic E-state index is 12.7. The average Bonchev–Trinajstić information content (AvgIpc) is 2.64. The van der Waals surface area contributed by atoms with Crippen molar-refractivity contribution in [2.75, 3.05) is 0 Å². The molecule has 0 aliphatic rings. The first kappa shape index (κ1) is 23.6. The molecule has 28 heavy (non-hydrogen) atoms. The van der Waals surface area contributed by atoms with Crippen LogP contribution < -0.4 is 16.4 Å². The van der Waals surface area contributed by atoms with Crippen molar-refractivity contribution >= 4 is 17.8 Å². The summed E-state index contributed by atoms with van der Waals surface area (Å²) in [6.45, 7) is 7.49. The molecule has 5 N–H and O–H groups in total. The van der Waals surface area contributed by atoms with E-state index in [0.717, 1.165) is 5.56 Å². The fraction of sp³-hybridized carbons (Fsp3) is 0.571. The smallest absolute Gasteiger partial charge is 0.326 e. The Morgan fingerprint density at radius 3 is 2.14 bits per heavy atom. The molecule has 1 rings (SSSR count). The predicted octanol–water partition coefficient (Wildman–Crippen LogP) is 1.70. The number of carbonyl (C=O) groups excluding carboxylic acids is 2. The quantitative estimate of drug-likeness (QED) is 0.457. The van der Waals surface area contributed by atoms with Crippen LogP contribution in [0.3, 0.4) is 0 Å². The maximum atomic E-state index is 12.7. The SMILES string of the molecule is CC[C@H](C)[C@H](NC(=O)[C@H](CC(C)C)NC(=O)[C@@H](N)Cc1ccccc1)C(=O)O. The van der Waals surface area contributed by atoms with Gasteiger partial charge in [-0.2, -0.15) is 0 Å². The number of hydrogen-bond donors (Lipinski definition) is 4. The summed E-state index contributed by atoms with van der Waals surface area (Å²) in [5.74, 6) is -2.11. The molecule has 0 aromatic heterocycles. The van der Waals surface area contributed by atoms with Crippen molar-refractivity contribution in [2.24, 2.45) is 17.6 Å². The van der Waals surface area contributed by atoms with Gasteiger partial charge in [0.2, 0.25) is 11.8 Å². The summed E-state index contributed by atoms with van der Waals surface area (Å²) in [6, 6.07) is 6.77. The Morgan fingerprint density at radius 1 is 1.04 bits per heavy atom. The lowest BCUT2D eigenvalue weighted by atomic mass is 9.97. The van der Waals surface area contributed by atoms with E-state index in [0.29, 0.717) is 19.3 Å². The largest absolute Gasteiger partial charge is 0.480 e. The first-order chi connectivity index (χ1) is 13.1. The Labute approximate surface area is 167 Å². The second-order valence-corrected chi connectivity index (χ2v) is 7.70. The molecular weight excluding hydrogens is 358 g/mol. The minimum atomic E-state index is -1.09. The summed E-state index contributed by atoms with van der Waals surface area (Å²) in [7, 11) is 0. The lowest BCUT2D eigenvalue weighted by Gasteiger charge is -2.26. The number of aliphatic carboxylic acids is 1. The third-order valence-electron chi connectivity index (χ3n) is 4.75. The van der Waals surface area contributed by atoms with Gasteiger partial charge in [-0.1, -0.05) is 64.4 Å². The van der Waals surface area contributed by atoms with Crippen molar-refractivity contribution in [2.45, 2.75) is 65.1 Å². The van der Waals surface area contributed by atoms with E-state index in [1.54, 1.807) is 6.92 Å². The molecule has 0 aliphatic carbocycles. The molecule has 4 atom stereocenters. The van der Waals surface area contributed by atoms with Crippen LogP contribution in [-0.4, -0.2) is 41.0 Å². The minimum absolute atomic E-state index is 0.133. The van der Waals surface area contributed by atoms with Gasteiger partial charge in [0.25, 0.3) is 0 Å². The summed E-state index contributed by atoms with van der Waals surface area (Å²) >= 11 is 0. The standard InChI is InChI=1S/C21H33N3O4/c1-5-14(4)18(21(27)28)24-20(26)17(11-13(2)3)23-19(25)16(22)12-15-9-7-6-8-10-15/h6-10,13-14,16-18H,5,11-12,22H2,1-4H3,(H,23,25)(H,24,26)(H,27,28)/t14-,16-,17-,18-/m0/s1. The lowest BCUT2D eigenvalue weighted by Crippen LogP contribution is -2.56. The first-order valence-corrected chi connectivity index (χ1v) is 9.78. The zero-order valence-corrected chi connectivity index (χ0v) is 17.1. The van der Waals surface area contributed by atoms with Crippen LogP contribution in [0.25, 0.3) is 0 Å². The zero-order valence-electron chi connectivity index (χ0n) is 17.1. The number of benzene rings is 1. The van der Waals surface area contributed by atoms with Crippen LogP contribution in [0, 0.1) is 11.8 Å². The van der Waals surface area contributed by atoms with Crippen molar-refractivity contribution in [3.8, 4) is 0 Å². The highest BCUT2D eigenvalue weighted by Crippen LogP contribution is 2.11. The summed E-state index contributed by atoms with van der Waals surface area (Å²) in [5, 5.41) is 14.7. The van der Waals surface area contributed by atoms with Crippen LogP contribution >= 0.6 is 0 Å². The molecule has 0 saturated heterocycles.